The molecule has 1 aliphatic carbocycles. The third-order valence-corrected chi connectivity index (χ3v) is 3.73. The highest BCUT2D eigenvalue weighted by Crippen LogP contribution is 2.28. The predicted octanol–water partition coefficient (Wildman–Crippen LogP) is 3.14. The number of hydrogen-bond acceptors (Lipinski definition) is 1. The van der Waals surface area contributed by atoms with Crippen LogP contribution < -0.4 is 5.22 Å². The van der Waals surface area contributed by atoms with Gasteiger partial charge >= 0.3 is 0 Å². The molecule has 0 saturated heterocycles. The molecule has 1 nitrogen and oxygen atoms in total. The number of rotatable bonds is 0. The van der Waals surface area contributed by atoms with Crippen molar-refractivity contribution < 1.29 is 0 Å². The Morgan fingerprint density at radius 1 is 1.12 bits per heavy atom. The smallest absolute Gasteiger partial charge is 0.0717 e. The SMILES string of the molecule is Cc1cc2ccc3c4c(cnc(c1)c24)CCC=3. The average Bonchev–Trinajstić information content (AvgIpc) is 2.35. The highest BCUT2D eigenvalue weighted by atomic mass is 14.7. The molecule has 82 valence electrons. The molecule has 0 bridgehead atoms. The Hall–Kier alpha value is -1.89. The van der Waals surface area contributed by atoms with Gasteiger partial charge in [0.05, 0.1) is 5.52 Å². The first kappa shape index (κ1) is 9.17. The minimum absolute atomic E-state index is 1.13. The fourth-order valence-electron chi connectivity index (χ4n) is 3.01. The molecule has 0 radical (unpaired) electrons. The van der Waals surface area contributed by atoms with Crippen molar-refractivity contribution in [2.24, 2.45) is 0 Å². The van der Waals surface area contributed by atoms with E-state index in [9.17, 15) is 0 Å². The van der Waals surface area contributed by atoms with Crippen LogP contribution in [0, 0.1) is 6.92 Å². The van der Waals surface area contributed by atoms with Gasteiger partial charge in [0.25, 0.3) is 0 Å². The molecule has 0 amide bonds. The summed E-state index contributed by atoms with van der Waals surface area (Å²) in [5.74, 6) is 0. The maximum atomic E-state index is 4.62. The minimum Gasteiger partial charge on any atom is -0.256 e. The van der Waals surface area contributed by atoms with E-state index in [1.165, 1.54) is 32.5 Å². The summed E-state index contributed by atoms with van der Waals surface area (Å²) in [6, 6.07) is 8.92. The number of nitrogens with zero attached hydrogens (tertiary/aromatic N) is 1. The van der Waals surface area contributed by atoms with Gasteiger partial charge in [-0.15, -0.1) is 0 Å². The number of benzene rings is 2. The fraction of sp³-hybridized carbons (Fsp3) is 0.188. The Balaban J connectivity index is 2.40. The van der Waals surface area contributed by atoms with Crippen LogP contribution in [0.15, 0.2) is 30.5 Å². The lowest BCUT2D eigenvalue weighted by Crippen LogP contribution is -2.10. The molecule has 0 fully saturated rings. The van der Waals surface area contributed by atoms with Gasteiger partial charge in [-0.3, -0.25) is 4.98 Å². The van der Waals surface area contributed by atoms with E-state index in [4.69, 9.17) is 0 Å². The molecule has 2 aromatic carbocycles. The van der Waals surface area contributed by atoms with Gasteiger partial charge in [-0.2, -0.15) is 0 Å². The van der Waals surface area contributed by atoms with E-state index in [-0.39, 0.29) is 0 Å². The van der Waals surface area contributed by atoms with Crippen LogP contribution >= 0.6 is 0 Å². The number of aryl methyl sites for hydroxylation is 2. The molecule has 1 aliphatic rings. The van der Waals surface area contributed by atoms with Crippen molar-refractivity contribution in [1.82, 2.24) is 4.98 Å². The maximum absolute atomic E-state index is 4.62. The largest absolute Gasteiger partial charge is 0.256 e. The quantitative estimate of drug-likeness (QED) is 0.566. The van der Waals surface area contributed by atoms with E-state index in [0.29, 0.717) is 0 Å². The Kier molecular flexibility index (Phi) is 1.66. The second-order valence-corrected chi connectivity index (χ2v) is 4.94. The lowest BCUT2D eigenvalue weighted by Gasteiger charge is -2.14. The zero-order valence-corrected chi connectivity index (χ0v) is 9.83. The molecule has 1 heterocycles. The Morgan fingerprint density at radius 3 is 3.00 bits per heavy atom. The first-order valence-electron chi connectivity index (χ1n) is 6.14. The molecule has 0 N–H and O–H groups in total. The summed E-state index contributed by atoms with van der Waals surface area (Å²) in [4.78, 5) is 4.62. The Bertz CT molecular complexity index is 781. The second-order valence-electron chi connectivity index (χ2n) is 4.94. The van der Waals surface area contributed by atoms with Crippen molar-refractivity contribution >= 4 is 27.8 Å². The van der Waals surface area contributed by atoms with Gasteiger partial charge in [0, 0.05) is 11.6 Å². The number of aromatic nitrogens is 1. The van der Waals surface area contributed by atoms with Gasteiger partial charge in [0.2, 0.25) is 0 Å². The van der Waals surface area contributed by atoms with Crippen LogP contribution in [-0.2, 0) is 6.42 Å². The van der Waals surface area contributed by atoms with Crippen LogP contribution in [0.1, 0.15) is 17.5 Å². The van der Waals surface area contributed by atoms with Gasteiger partial charge < -0.3 is 0 Å². The maximum Gasteiger partial charge on any atom is 0.0717 e. The molecule has 17 heavy (non-hydrogen) atoms. The van der Waals surface area contributed by atoms with Crippen molar-refractivity contribution in [1.29, 1.82) is 0 Å². The summed E-state index contributed by atoms with van der Waals surface area (Å²) in [6.45, 7) is 2.14. The average molecular weight is 219 g/mol. The second kappa shape index (κ2) is 3.07. The van der Waals surface area contributed by atoms with E-state index in [1.807, 2.05) is 0 Å². The van der Waals surface area contributed by atoms with Gasteiger partial charge in [0.1, 0.15) is 0 Å². The van der Waals surface area contributed by atoms with Crippen LogP contribution in [0.4, 0.5) is 0 Å². The fourth-order valence-corrected chi connectivity index (χ4v) is 3.01. The molecular weight excluding hydrogens is 206 g/mol. The Labute approximate surface area is 99.8 Å². The highest BCUT2D eigenvalue weighted by molar-refractivity contribution is 6.10. The van der Waals surface area contributed by atoms with Crippen LogP contribution in [0.5, 0.6) is 0 Å². The lowest BCUT2D eigenvalue weighted by molar-refractivity contribution is 1.02. The summed E-state index contributed by atoms with van der Waals surface area (Å²) < 4.78 is 0. The van der Waals surface area contributed by atoms with Gasteiger partial charge in [-0.25, -0.2) is 0 Å². The van der Waals surface area contributed by atoms with Crippen LogP contribution in [0.2, 0.25) is 0 Å². The molecule has 0 aliphatic heterocycles. The van der Waals surface area contributed by atoms with E-state index in [0.717, 1.165) is 18.4 Å². The van der Waals surface area contributed by atoms with Gasteiger partial charge in [-0.1, -0.05) is 24.3 Å². The highest BCUT2D eigenvalue weighted by Gasteiger charge is 2.11. The summed E-state index contributed by atoms with van der Waals surface area (Å²) in [5, 5.41) is 5.48. The Morgan fingerprint density at radius 2 is 2.06 bits per heavy atom. The monoisotopic (exact) mass is 219 g/mol. The summed E-state index contributed by atoms with van der Waals surface area (Å²) >= 11 is 0. The van der Waals surface area contributed by atoms with Gasteiger partial charge in [0.15, 0.2) is 0 Å². The molecule has 0 atom stereocenters. The molecule has 1 heteroatoms. The van der Waals surface area contributed by atoms with Crippen LogP contribution in [0.25, 0.3) is 27.8 Å². The van der Waals surface area contributed by atoms with Crippen molar-refractivity contribution in [2.75, 3.05) is 0 Å². The van der Waals surface area contributed by atoms with E-state index in [1.54, 1.807) is 0 Å². The first-order chi connectivity index (χ1) is 8.33. The summed E-state index contributed by atoms with van der Waals surface area (Å²) in [7, 11) is 0. The standard InChI is InChI=1S/C16H13N/c1-10-7-12-6-5-11-3-2-4-13-9-17-14(8-10)16(12)15(11)13/h3,5-9H,2,4H2,1H3. The van der Waals surface area contributed by atoms with Crippen molar-refractivity contribution in [3.05, 3.63) is 46.8 Å². The first-order valence-corrected chi connectivity index (χ1v) is 6.14. The minimum atomic E-state index is 1.13. The molecule has 3 aromatic rings. The molecular formula is C16H13N. The van der Waals surface area contributed by atoms with E-state index in [2.05, 4.69) is 48.4 Å². The van der Waals surface area contributed by atoms with E-state index < -0.39 is 0 Å². The molecule has 1 aromatic heterocycles. The predicted molar refractivity (Wildman–Crippen MR) is 72.0 cm³/mol. The number of pyridine rings is 1. The van der Waals surface area contributed by atoms with Crippen molar-refractivity contribution in [3.8, 4) is 0 Å². The van der Waals surface area contributed by atoms with Crippen molar-refractivity contribution in [2.45, 2.75) is 19.8 Å². The zero-order chi connectivity index (χ0) is 11.4. The molecule has 4 rings (SSSR count). The third-order valence-electron chi connectivity index (χ3n) is 3.73. The van der Waals surface area contributed by atoms with Crippen molar-refractivity contribution in [3.63, 3.8) is 0 Å². The van der Waals surface area contributed by atoms with Gasteiger partial charge in [-0.05, 0) is 52.9 Å². The van der Waals surface area contributed by atoms with Crippen LogP contribution in [-0.4, -0.2) is 4.98 Å². The lowest BCUT2D eigenvalue weighted by atomic mass is 9.92. The normalized spacial score (nSPS) is 14.2. The van der Waals surface area contributed by atoms with Crippen LogP contribution in [0.3, 0.4) is 0 Å². The molecule has 0 unspecified atom stereocenters. The topological polar surface area (TPSA) is 12.9 Å². The number of hydrogen-bond donors (Lipinski definition) is 0. The molecule has 0 spiro atoms. The summed E-state index contributed by atoms with van der Waals surface area (Å²) in [5.41, 5.74) is 3.83. The third kappa shape index (κ3) is 1.17. The summed E-state index contributed by atoms with van der Waals surface area (Å²) in [6.07, 6.45) is 6.68. The van der Waals surface area contributed by atoms with E-state index >= 15 is 0 Å². The molecule has 0 saturated carbocycles. The zero-order valence-electron chi connectivity index (χ0n) is 9.83.